The monoisotopic (exact) mass is 256 g/mol. The second-order valence-corrected chi connectivity index (χ2v) is 5.02. The van der Waals surface area contributed by atoms with E-state index in [4.69, 9.17) is 5.11 Å². The van der Waals surface area contributed by atoms with Crippen LogP contribution in [0.5, 0.6) is 0 Å². The van der Waals surface area contributed by atoms with E-state index in [-0.39, 0.29) is 6.03 Å². The Morgan fingerprint density at radius 1 is 1.33 bits per heavy atom. The maximum atomic E-state index is 11.5. The molecule has 1 fully saturated rings. The lowest BCUT2D eigenvalue weighted by Crippen LogP contribution is -2.46. The molecular formula is C13H24N2O3. The van der Waals surface area contributed by atoms with E-state index in [0.29, 0.717) is 13.0 Å². The van der Waals surface area contributed by atoms with Crippen LogP contribution in [0.25, 0.3) is 0 Å². The summed E-state index contributed by atoms with van der Waals surface area (Å²) >= 11 is 0. The molecule has 3 N–H and O–H groups in total. The Bertz CT molecular complexity index is 277. The van der Waals surface area contributed by atoms with Gasteiger partial charge in [0.25, 0.3) is 0 Å². The van der Waals surface area contributed by atoms with Crippen molar-refractivity contribution in [2.24, 2.45) is 5.92 Å². The number of carboxylic acids is 1. The zero-order valence-electron chi connectivity index (χ0n) is 11.1. The number of carbonyl (C=O) groups is 2. The minimum absolute atomic E-state index is 0.366. The highest BCUT2D eigenvalue weighted by Gasteiger charge is 2.21. The number of carboxylic acid groups (broad SMARTS) is 1. The first kappa shape index (κ1) is 14.8. The standard InChI is InChI=1S/C13H24N2O3/c1-2-3-6-11(12(16)17)15-13(18)14-9-4-5-10-7-8-10/h10-11H,2-9H2,1H3,(H,16,17)(H2,14,15,18). The van der Waals surface area contributed by atoms with Gasteiger partial charge in [0.1, 0.15) is 6.04 Å². The maximum Gasteiger partial charge on any atom is 0.326 e. The largest absolute Gasteiger partial charge is 0.480 e. The van der Waals surface area contributed by atoms with E-state index in [1.165, 1.54) is 19.3 Å². The van der Waals surface area contributed by atoms with Crippen molar-refractivity contribution in [2.45, 2.75) is 57.9 Å². The van der Waals surface area contributed by atoms with Gasteiger partial charge in [-0.05, 0) is 25.2 Å². The third-order valence-electron chi connectivity index (χ3n) is 3.22. The molecule has 1 aliphatic rings. The van der Waals surface area contributed by atoms with Crippen LogP contribution in [0.4, 0.5) is 4.79 Å². The van der Waals surface area contributed by atoms with Gasteiger partial charge in [-0.3, -0.25) is 0 Å². The molecule has 1 rings (SSSR count). The van der Waals surface area contributed by atoms with Gasteiger partial charge in [0.2, 0.25) is 0 Å². The van der Waals surface area contributed by atoms with Crippen molar-refractivity contribution >= 4 is 12.0 Å². The number of hydrogen-bond acceptors (Lipinski definition) is 2. The van der Waals surface area contributed by atoms with Gasteiger partial charge in [-0.1, -0.05) is 32.6 Å². The molecule has 2 amide bonds. The van der Waals surface area contributed by atoms with Crippen LogP contribution in [0.3, 0.4) is 0 Å². The summed E-state index contributed by atoms with van der Waals surface area (Å²) in [6, 6.07) is -1.14. The van der Waals surface area contributed by atoms with Gasteiger partial charge in [-0.25, -0.2) is 9.59 Å². The Morgan fingerprint density at radius 2 is 2.06 bits per heavy atom. The van der Waals surface area contributed by atoms with E-state index in [1.54, 1.807) is 0 Å². The van der Waals surface area contributed by atoms with Gasteiger partial charge < -0.3 is 15.7 Å². The minimum atomic E-state index is -0.961. The third-order valence-corrected chi connectivity index (χ3v) is 3.22. The first-order valence-electron chi connectivity index (χ1n) is 6.90. The molecule has 0 saturated heterocycles. The highest BCUT2D eigenvalue weighted by atomic mass is 16.4. The predicted molar refractivity (Wildman–Crippen MR) is 69.4 cm³/mol. The second-order valence-electron chi connectivity index (χ2n) is 5.02. The van der Waals surface area contributed by atoms with Crippen molar-refractivity contribution in [3.05, 3.63) is 0 Å². The average molecular weight is 256 g/mol. The summed E-state index contributed by atoms with van der Waals surface area (Å²) in [4.78, 5) is 22.4. The fourth-order valence-electron chi connectivity index (χ4n) is 1.87. The Labute approximate surface area is 108 Å². The first-order chi connectivity index (χ1) is 8.63. The molecule has 0 heterocycles. The summed E-state index contributed by atoms with van der Waals surface area (Å²) in [5.41, 5.74) is 0. The zero-order valence-corrected chi connectivity index (χ0v) is 11.1. The van der Waals surface area contributed by atoms with E-state index in [9.17, 15) is 9.59 Å². The quantitative estimate of drug-likeness (QED) is 0.553. The number of nitrogens with one attached hydrogen (secondary N) is 2. The maximum absolute atomic E-state index is 11.5. The highest BCUT2D eigenvalue weighted by Crippen LogP contribution is 2.33. The topological polar surface area (TPSA) is 78.4 Å². The summed E-state index contributed by atoms with van der Waals surface area (Å²) in [6.07, 6.45) is 7.01. The third kappa shape index (κ3) is 6.47. The normalized spacial score (nSPS) is 16.1. The molecule has 0 aliphatic heterocycles. The lowest BCUT2D eigenvalue weighted by molar-refractivity contribution is -0.139. The molecule has 0 spiro atoms. The van der Waals surface area contributed by atoms with Gasteiger partial charge in [0, 0.05) is 6.54 Å². The molecule has 1 aliphatic carbocycles. The van der Waals surface area contributed by atoms with Gasteiger partial charge in [0.15, 0.2) is 0 Å². The van der Waals surface area contributed by atoms with Gasteiger partial charge >= 0.3 is 12.0 Å². The van der Waals surface area contributed by atoms with Crippen LogP contribution in [0.15, 0.2) is 0 Å². The zero-order chi connectivity index (χ0) is 13.4. The van der Waals surface area contributed by atoms with E-state index >= 15 is 0 Å². The fourth-order valence-corrected chi connectivity index (χ4v) is 1.87. The second kappa shape index (κ2) is 7.95. The SMILES string of the molecule is CCCCC(NC(=O)NCCCC1CC1)C(=O)O. The summed E-state index contributed by atoms with van der Waals surface area (Å²) in [6.45, 7) is 2.62. The molecule has 5 nitrogen and oxygen atoms in total. The number of amides is 2. The van der Waals surface area contributed by atoms with Crippen LogP contribution in [0.2, 0.25) is 0 Å². The van der Waals surface area contributed by atoms with Crippen LogP contribution in [0, 0.1) is 5.92 Å². The molecule has 104 valence electrons. The number of hydrogen-bond donors (Lipinski definition) is 3. The van der Waals surface area contributed by atoms with Crippen molar-refractivity contribution in [1.29, 1.82) is 0 Å². The smallest absolute Gasteiger partial charge is 0.326 e. The molecule has 0 aromatic rings. The average Bonchev–Trinajstić information content (AvgIpc) is 3.13. The molecular weight excluding hydrogens is 232 g/mol. The Balaban J connectivity index is 2.11. The van der Waals surface area contributed by atoms with E-state index in [1.807, 2.05) is 6.92 Å². The summed E-state index contributed by atoms with van der Waals surface area (Å²) < 4.78 is 0. The Kier molecular flexibility index (Phi) is 6.54. The van der Waals surface area contributed by atoms with Crippen molar-refractivity contribution in [3.63, 3.8) is 0 Å². The molecule has 1 unspecified atom stereocenters. The van der Waals surface area contributed by atoms with Gasteiger partial charge in [-0.2, -0.15) is 0 Å². The minimum Gasteiger partial charge on any atom is -0.480 e. The molecule has 1 atom stereocenters. The highest BCUT2D eigenvalue weighted by molar-refractivity contribution is 5.82. The number of rotatable bonds is 9. The summed E-state index contributed by atoms with van der Waals surface area (Å²) in [7, 11) is 0. The molecule has 0 bridgehead atoms. The predicted octanol–water partition coefficient (Wildman–Crippen LogP) is 2.12. The summed E-state index contributed by atoms with van der Waals surface area (Å²) in [5, 5.41) is 14.2. The van der Waals surface area contributed by atoms with E-state index in [2.05, 4.69) is 10.6 Å². The van der Waals surface area contributed by atoms with Crippen molar-refractivity contribution in [1.82, 2.24) is 10.6 Å². The van der Waals surface area contributed by atoms with E-state index in [0.717, 1.165) is 25.2 Å². The van der Waals surface area contributed by atoms with Crippen LogP contribution in [0.1, 0.15) is 51.9 Å². The molecule has 0 aromatic carbocycles. The molecule has 1 saturated carbocycles. The van der Waals surface area contributed by atoms with Gasteiger partial charge in [0.05, 0.1) is 0 Å². The van der Waals surface area contributed by atoms with E-state index < -0.39 is 12.0 Å². The lowest BCUT2D eigenvalue weighted by Gasteiger charge is -2.14. The van der Waals surface area contributed by atoms with Crippen molar-refractivity contribution in [3.8, 4) is 0 Å². The van der Waals surface area contributed by atoms with Crippen LogP contribution in [-0.4, -0.2) is 29.7 Å². The molecule has 5 heteroatoms. The number of urea groups is 1. The first-order valence-corrected chi connectivity index (χ1v) is 6.90. The Hall–Kier alpha value is -1.26. The molecule has 18 heavy (non-hydrogen) atoms. The summed E-state index contributed by atoms with van der Waals surface area (Å²) in [5.74, 6) is -0.0947. The lowest BCUT2D eigenvalue weighted by atomic mass is 10.1. The fraction of sp³-hybridized carbons (Fsp3) is 0.846. The molecule has 0 radical (unpaired) electrons. The number of aliphatic carboxylic acids is 1. The number of carbonyl (C=O) groups excluding carboxylic acids is 1. The van der Waals surface area contributed by atoms with Crippen molar-refractivity contribution < 1.29 is 14.7 Å². The molecule has 0 aromatic heterocycles. The van der Waals surface area contributed by atoms with Crippen LogP contribution < -0.4 is 10.6 Å². The number of unbranched alkanes of at least 4 members (excludes halogenated alkanes) is 1. The van der Waals surface area contributed by atoms with Crippen LogP contribution in [-0.2, 0) is 4.79 Å². The van der Waals surface area contributed by atoms with Crippen LogP contribution >= 0.6 is 0 Å². The Morgan fingerprint density at radius 3 is 2.61 bits per heavy atom. The van der Waals surface area contributed by atoms with Crippen molar-refractivity contribution in [2.75, 3.05) is 6.54 Å². The van der Waals surface area contributed by atoms with Gasteiger partial charge in [-0.15, -0.1) is 0 Å².